The highest BCUT2D eigenvalue weighted by Crippen LogP contribution is 2.47. The van der Waals surface area contributed by atoms with Crippen LogP contribution in [0, 0.1) is 0 Å². The summed E-state index contributed by atoms with van der Waals surface area (Å²) in [6.07, 6.45) is 0. The van der Waals surface area contributed by atoms with Gasteiger partial charge >= 0.3 is 0 Å². The fourth-order valence-corrected chi connectivity index (χ4v) is 2.32. The molecule has 0 atom stereocenters. The van der Waals surface area contributed by atoms with Crippen LogP contribution in [0.25, 0.3) is 0 Å². The fraction of sp³-hybridized carbons (Fsp3) is 0.455. The molecule has 0 unspecified atom stereocenters. The van der Waals surface area contributed by atoms with E-state index >= 15 is 0 Å². The number of nitrogens with two attached hydrogens (primary N) is 1. The number of halogens is 1. The number of nitrogens with one attached hydrogen (secondary N) is 1. The Hall–Kier alpha value is -1.33. The molecule has 3 N–H and O–H groups in total. The summed E-state index contributed by atoms with van der Waals surface area (Å²) in [5, 5.41) is 3.78. The van der Waals surface area contributed by atoms with Crippen LogP contribution in [0.5, 0.6) is 11.5 Å². The number of rotatable bonds is 1. The lowest BCUT2D eigenvalue weighted by molar-refractivity contribution is 0.173. The van der Waals surface area contributed by atoms with Crippen LogP contribution in [0.2, 0.25) is 5.02 Å². The van der Waals surface area contributed by atoms with Gasteiger partial charge < -0.3 is 20.1 Å². The third kappa shape index (κ3) is 1.75. The highest BCUT2D eigenvalue weighted by molar-refractivity contribution is 6.34. The number of anilines is 2. The quantitative estimate of drug-likeness (QED) is 0.735. The summed E-state index contributed by atoms with van der Waals surface area (Å²) >= 11 is 6.12. The van der Waals surface area contributed by atoms with E-state index in [1.54, 1.807) is 0 Å². The van der Waals surface area contributed by atoms with E-state index in [2.05, 4.69) is 10.2 Å². The minimum absolute atomic E-state index is 0.456. The molecule has 2 heterocycles. The van der Waals surface area contributed by atoms with E-state index in [0.29, 0.717) is 35.4 Å². The van der Waals surface area contributed by atoms with Gasteiger partial charge in [-0.05, 0) is 6.07 Å². The van der Waals surface area contributed by atoms with Crippen LogP contribution >= 0.6 is 11.6 Å². The van der Waals surface area contributed by atoms with E-state index in [0.717, 1.165) is 25.4 Å². The van der Waals surface area contributed by atoms with Gasteiger partial charge in [-0.2, -0.15) is 0 Å². The lowest BCUT2D eigenvalue weighted by Gasteiger charge is -2.27. The molecule has 0 spiro atoms. The van der Waals surface area contributed by atoms with Gasteiger partial charge in [0.2, 0.25) is 0 Å². The first-order valence-corrected chi connectivity index (χ1v) is 5.98. The number of nitrogens with zero attached hydrogens (tertiary/aromatic N) is 1. The van der Waals surface area contributed by atoms with Crippen LogP contribution in [0.15, 0.2) is 6.07 Å². The molecule has 0 amide bonds. The number of ether oxygens (including phenoxy) is 2. The summed E-state index contributed by atoms with van der Waals surface area (Å²) in [5.74, 6) is 1.28. The van der Waals surface area contributed by atoms with Gasteiger partial charge in [0.1, 0.15) is 13.2 Å². The molecule has 2 aliphatic rings. The van der Waals surface area contributed by atoms with Crippen molar-refractivity contribution in [1.82, 2.24) is 5.32 Å². The SMILES string of the molecule is Nc1c(Cl)cc(N2CCNC2)c2c1OCCO2. The van der Waals surface area contributed by atoms with E-state index in [9.17, 15) is 0 Å². The molecule has 0 aromatic heterocycles. The molecule has 0 radical (unpaired) electrons. The van der Waals surface area contributed by atoms with Gasteiger partial charge in [-0.25, -0.2) is 0 Å². The summed E-state index contributed by atoms with van der Waals surface area (Å²) in [4.78, 5) is 2.17. The summed E-state index contributed by atoms with van der Waals surface area (Å²) in [6, 6.07) is 1.84. The van der Waals surface area contributed by atoms with E-state index in [1.165, 1.54) is 0 Å². The normalized spacial score (nSPS) is 18.5. The van der Waals surface area contributed by atoms with E-state index < -0.39 is 0 Å². The summed E-state index contributed by atoms with van der Waals surface area (Å²) in [5.41, 5.74) is 7.30. The van der Waals surface area contributed by atoms with Crippen LogP contribution in [0.3, 0.4) is 0 Å². The topological polar surface area (TPSA) is 59.8 Å². The Morgan fingerprint density at radius 3 is 2.76 bits per heavy atom. The monoisotopic (exact) mass is 255 g/mol. The highest BCUT2D eigenvalue weighted by atomic mass is 35.5. The predicted octanol–water partition coefficient (Wildman–Crippen LogP) is 1.06. The van der Waals surface area contributed by atoms with Crippen LogP contribution in [-0.4, -0.2) is 33.0 Å². The molecule has 2 aliphatic heterocycles. The first-order chi connectivity index (χ1) is 8.27. The summed E-state index contributed by atoms with van der Waals surface area (Å²) in [6.45, 7) is 3.72. The first-order valence-electron chi connectivity index (χ1n) is 5.60. The van der Waals surface area contributed by atoms with Gasteiger partial charge in [0, 0.05) is 13.1 Å². The maximum absolute atomic E-state index is 6.12. The molecule has 1 aromatic carbocycles. The van der Waals surface area contributed by atoms with Crippen LogP contribution in [0.1, 0.15) is 0 Å². The van der Waals surface area contributed by atoms with Crippen molar-refractivity contribution in [2.75, 3.05) is 43.6 Å². The molecular formula is C11H14ClN3O2. The fourth-order valence-electron chi connectivity index (χ4n) is 2.13. The average Bonchev–Trinajstić information content (AvgIpc) is 2.87. The standard InChI is InChI=1S/C11H14ClN3O2/c12-7-5-8(15-2-1-14-6-15)10-11(9(7)13)17-4-3-16-10/h5,14H,1-4,6,13H2. The van der Waals surface area contributed by atoms with Gasteiger partial charge in [-0.15, -0.1) is 0 Å². The molecule has 0 bridgehead atoms. The number of benzene rings is 1. The number of hydrogen-bond donors (Lipinski definition) is 2. The van der Waals surface area contributed by atoms with Crippen molar-refractivity contribution in [3.63, 3.8) is 0 Å². The van der Waals surface area contributed by atoms with Crippen LogP contribution in [0.4, 0.5) is 11.4 Å². The third-order valence-corrected chi connectivity index (χ3v) is 3.29. The van der Waals surface area contributed by atoms with Gasteiger partial charge in [0.15, 0.2) is 11.5 Å². The third-order valence-electron chi connectivity index (χ3n) is 2.98. The molecule has 1 fully saturated rings. The lowest BCUT2D eigenvalue weighted by atomic mass is 10.2. The van der Waals surface area contributed by atoms with Gasteiger partial charge in [0.05, 0.1) is 23.1 Å². The molecule has 92 valence electrons. The Morgan fingerprint density at radius 1 is 1.29 bits per heavy atom. The molecule has 1 aromatic rings. The second kappa shape index (κ2) is 4.16. The minimum atomic E-state index is 0.456. The van der Waals surface area contributed by atoms with Gasteiger partial charge in [-0.3, -0.25) is 5.32 Å². The smallest absolute Gasteiger partial charge is 0.188 e. The van der Waals surface area contributed by atoms with Crippen molar-refractivity contribution >= 4 is 23.0 Å². The van der Waals surface area contributed by atoms with Gasteiger partial charge in [0.25, 0.3) is 0 Å². The average molecular weight is 256 g/mol. The predicted molar refractivity (Wildman–Crippen MR) is 67.1 cm³/mol. The Kier molecular flexibility index (Phi) is 2.64. The number of hydrogen-bond acceptors (Lipinski definition) is 5. The summed E-state index contributed by atoms with van der Waals surface area (Å²) < 4.78 is 11.2. The molecule has 1 saturated heterocycles. The van der Waals surface area contributed by atoms with Gasteiger partial charge in [-0.1, -0.05) is 11.6 Å². The molecule has 5 nitrogen and oxygen atoms in total. The Labute approximate surface area is 104 Å². The molecule has 0 aliphatic carbocycles. The largest absolute Gasteiger partial charge is 0.484 e. The highest BCUT2D eigenvalue weighted by Gasteiger charge is 2.25. The van der Waals surface area contributed by atoms with Crippen molar-refractivity contribution in [3.8, 4) is 11.5 Å². The Bertz CT molecular complexity index is 447. The second-order valence-electron chi connectivity index (χ2n) is 4.07. The maximum Gasteiger partial charge on any atom is 0.188 e. The maximum atomic E-state index is 6.12. The number of fused-ring (bicyclic) bond motifs is 1. The van der Waals surface area contributed by atoms with Crippen molar-refractivity contribution in [2.45, 2.75) is 0 Å². The Morgan fingerprint density at radius 2 is 2.06 bits per heavy atom. The lowest BCUT2D eigenvalue weighted by Crippen LogP contribution is -2.24. The Balaban J connectivity index is 2.10. The molecule has 3 rings (SSSR count). The number of nitrogen functional groups attached to an aromatic ring is 1. The minimum Gasteiger partial charge on any atom is -0.484 e. The van der Waals surface area contributed by atoms with Crippen LogP contribution < -0.4 is 25.4 Å². The zero-order valence-electron chi connectivity index (χ0n) is 9.33. The van der Waals surface area contributed by atoms with Crippen molar-refractivity contribution in [2.24, 2.45) is 0 Å². The van der Waals surface area contributed by atoms with Crippen molar-refractivity contribution in [3.05, 3.63) is 11.1 Å². The van der Waals surface area contributed by atoms with E-state index in [4.69, 9.17) is 26.8 Å². The first kappa shape index (κ1) is 10.8. The van der Waals surface area contributed by atoms with Crippen molar-refractivity contribution < 1.29 is 9.47 Å². The zero-order valence-corrected chi connectivity index (χ0v) is 10.1. The van der Waals surface area contributed by atoms with E-state index in [-0.39, 0.29) is 0 Å². The zero-order chi connectivity index (χ0) is 11.8. The van der Waals surface area contributed by atoms with E-state index in [1.807, 2.05) is 6.07 Å². The molecular weight excluding hydrogens is 242 g/mol. The molecule has 0 saturated carbocycles. The molecule has 6 heteroatoms. The second-order valence-corrected chi connectivity index (χ2v) is 4.48. The van der Waals surface area contributed by atoms with Crippen LogP contribution in [-0.2, 0) is 0 Å². The summed E-state index contributed by atoms with van der Waals surface area (Å²) in [7, 11) is 0. The van der Waals surface area contributed by atoms with Crippen molar-refractivity contribution in [1.29, 1.82) is 0 Å². The molecule has 17 heavy (non-hydrogen) atoms.